The van der Waals surface area contributed by atoms with Gasteiger partial charge in [0.05, 0.1) is 12.7 Å². The van der Waals surface area contributed by atoms with E-state index in [1.165, 1.54) is 14.0 Å². The number of hydrogen-bond acceptors (Lipinski definition) is 10. The summed E-state index contributed by atoms with van der Waals surface area (Å²) >= 11 is 0. The van der Waals surface area contributed by atoms with E-state index in [4.69, 9.17) is 18.9 Å². The van der Waals surface area contributed by atoms with Gasteiger partial charge in [-0.25, -0.2) is 0 Å². The van der Waals surface area contributed by atoms with Gasteiger partial charge in [0, 0.05) is 7.11 Å². The fourth-order valence-electron chi connectivity index (χ4n) is 2.59. The highest BCUT2D eigenvalue weighted by Gasteiger charge is 2.46. The third kappa shape index (κ3) is 3.82. The third-order valence-corrected chi connectivity index (χ3v) is 4.13. The molecule has 2 fully saturated rings. The van der Waals surface area contributed by atoms with E-state index < -0.39 is 61.4 Å². The highest BCUT2D eigenvalue weighted by Crippen LogP contribution is 2.25. The first-order valence-corrected chi connectivity index (χ1v) is 7.31. The lowest BCUT2D eigenvalue weighted by atomic mass is 9.99. The van der Waals surface area contributed by atoms with Crippen molar-refractivity contribution in [1.82, 2.24) is 0 Å². The molecule has 0 aliphatic carbocycles. The second-order valence-corrected chi connectivity index (χ2v) is 5.77. The van der Waals surface area contributed by atoms with Gasteiger partial charge in [0.2, 0.25) is 0 Å². The number of ether oxygens (including phenoxy) is 4. The van der Waals surface area contributed by atoms with Crippen LogP contribution in [0.4, 0.5) is 0 Å². The van der Waals surface area contributed by atoms with Gasteiger partial charge in [0.1, 0.15) is 42.7 Å². The third-order valence-electron chi connectivity index (χ3n) is 4.13. The Labute approximate surface area is 132 Å². The minimum absolute atomic E-state index is 0.304. The van der Waals surface area contributed by atoms with Crippen LogP contribution < -0.4 is 0 Å². The molecular formula is C13H24O10. The van der Waals surface area contributed by atoms with E-state index in [1.54, 1.807) is 0 Å². The molecule has 0 aromatic carbocycles. The smallest absolute Gasteiger partial charge is 0.186 e. The molecule has 10 nitrogen and oxygen atoms in total. The summed E-state index contributed by atoms with van der Waals surface area (Å²) in [5, 5.41) is 58.4. The topological polar surface area (TPSA) is 158 Å². The Morgan fingerprint density at radius 2 is 1.30 bits per heavy atom. The molecule has 23 heavy (non-hydrogen) atoms. The summed E-state index contributed by atoms with van der Waals surface area (Å²) in [6.45, 7) is 1.20. The molecule has 10 atom stereocenters. The summed E-state index contributed by atoms with van der Waals surface area (Å²) in [4.78, 5) is 0. The van der Waals surface area contributed by atoms with Gasteiger partial charge < -0.3 is 49.6 Å². The van der Waals surface area contributed by atoms with Crippen LogP contribution in [0, 0.1) is 0 Å². The molecule has 0 aromatic rings. The van der Waals surface area contributed by atoms with Gasteiger partial charge in [-0.2, -0.15) is 0 Å². The molecule has 0 amide bonds. The van der Waals surface area contributed by atoms with Crippen molar-refractivity contribution >= 4 is 0 Å². The normalized spacial score (nSPS) is 51.7. The number of aliphatic hydroxyl groups is 6. The first-order chi connectivity index (χ1) is 10.8. The Hall–Kier alpha value is -0.400. The van der Waals surface area contributed by atoms with Gasteiger partial charge in [-0.15, -0.1) is 0 Å². The largest absolute Gasteiger partial charge is 0.388 e. The SMILES string of the molecule is CO[C@@H]1O[C@H](CO[C@@H]2O[C@@H](C)[C@H](O)[C@@H](O)[C@H]2O)[C@@H](O)[C@H](O)[C@H]1O. The predicted octanol–water partition coefficient (Wildman–Crippen LogP) is -3.72. The van der Waals surface area contributed by atoms with Crippen LogP contribution in [0.2, 0.25) is 0 Å². The second-order valence-electron chi connectivity index (χ2n) is 5.77. The van der Waals surface area contributed by atoms with E-state index in [0.29, 0.717) is 0 Å². The quantitative estimate of drug-likeness (QED) is 0.300. The summed E-state index contributed by atoms with van der Waals surface area (Å²) in [6.07, 6.45) is -12.7. The van der Waals surface area contributed by atoms with Crippen molar-refractivity contribution in [2.24, 2.45) is 0 Å². The molecule has 0 unspecified atom stereocenters. The molecular weight excluding hydrogens is 316 g/mol. The zero-order valence-corrected chi connectivity index (χ0v) is 12.8. The minimum atomic E-state index is -1.49. The van der Waals surface area contributed by atoms with Gasteiger partial charge in [-0.3, -0.25) is 0 Å². The summed E-state index contributed by atoms with van der Waals surface area (Å²) in [5.74, 6) is 0. The molecule has 6 N–H and O–H groups in total. The summed E-state index contributed by atoms with van der Waals surface area (Å²) in [7, 11) is 1.27. The maximum absolute atomic E-state index is 9.90. The van der Waals surface area contributed by atoms with Gasteiger partial charge in [-0.05, 0) is 6.92 Å². The number of hydrogen-bond donors (Lipinski definition) is 6. The molecule has 0 bridgehead atoms. The van der Waals surface area contributed by atoms with E-state index in [-0.39, 0.29) is 6.61 Å². The van der Waals surface area contributed by atoms with Crippen molar-refractivity contribution in [3.05, 3.63) is 0 Å². The standard InChI is InChI=1S/C13H24O10/c1-4-6(14)8(16)11(19)13(22-4)21-3-5-7(15)9(17)10(18)12(20-2)23-5/h4-19H,3H2,1-2H3/t4-,5+,6-,7+,8+,9-,10+,11+,12+,13+/m0/s1. The molecule has 2 aliphatic heterocycles. The van der Waals surface area contributed by atoms with Crippen molar-refractivity contribution in [3.8, 4) is 0 Å². The summed E-state index contributed by atoms with van der Waals surface area (Å²) in [6, 6.07) is 0. The zero-order valence-electron chi connectivity index (χ0n) is 12.8. The first kappa shape index (κ1) is 18.9. The van der Waals surface area contributed by atoms with E-state index >= 15 is 0 Å². The summed E-state index contributed by atoms with van der Waals surface area (Å²) in [5.41, 5.74) is 0. The molecule has 0 radical (unpaired) electrons. The molecule has 0 spiro atoms. The van der Waals surface area contributed by atoms with Crippen molar-refractivity contribution in [2.45, 2.75) is 68.3 Å². The molecule has 10 heteroatoms. The fraction of sp³-hybridized carbons (Fsp3) is 1.00. The van der Waals surface area contributed by atoms with Crippen LogP contribution >= 0.6 is 0 Å². The highest BCUT2D eigenvalue weighted by molar-refractivity contribution is 4.90. The fourth-order valence-corrected chi connectivity index (χ4v) is 2.59. The average Bonchev–Trinajstić information content (AvgIpc) is 2.54. The molecule has 0 saturated carbocycles. The lowest BCUT2D eigenvalue weighted by Crippen LogP contribution is -2.61. The minimum Gasteiger partial charge on any atom is -0.388 e. The molecule has 2 saturated heterocycles. The van der Waals surface area contributed by atoms with E-state index in [2.05, 4.69) is 0 Å². The molecule has 136 valence electrons. The lowest BCUT2D eigenvalue weighted by molar-refractivity contribution is -0.325. The van der Waals surface area contributed by atoms with Crippen LogP contribution in [0.1, 0.15) is 6.92 Å². The second kappa shape index (κ2) is 7.66. The van der Waals surface area contributed by atoms with Gasteiger partial charge in [-0.1, -0.05) is 0 Å². The van der Waals surface area contributed by atoms with Crippen molar-refractivity contribution in [3.63, 3.8) is 0 Å². The Balaban J connectivity index is 1.94. The van der Waals surface area contributed by atoms with E-state index in [1.807, 2.05) is 0 Å². The van der Waals surface area contributed by atoms with Gasteiger partial charge in [0.25, 0.3) is 0 Å². The number of methoxy groups -OCH3 is 1. The number of aliphatic hydroxyl groups excluding tert-OH is 6. The predicted molar refractivity (Wildman–Crippen MR) is 72.0 cm³/mol. The lowest BCUT2D eigenvalue weighted by Gasteiger charge is -2.42. The molecule has 2 aliphatic rings. The molecule has 0 aromatic heterocycles. The molecule has 2 heterocycles. The van der Waals surface area contributed by atoms with E-state index in [9.17, 15) is 30.6 Å². The van der Waals surface area contributed by atoms with Crippen LogP contribution in [-0.4, -0.2) is 106 Å². The first-order valence-electron chi connectivity index (χ1n) is 7.31. The van der Waals surface area contributed by atoms with Crippen molar-refractivity contribution in [2.75, 3.05) is 13.7 Å². The Morgan fingerprint density at radius 3 is 1.91 bits per heavy atom. The van der Waals surface area contributed by atoms with Crippen LogP contribution in [0.15, 0.2) is 0 Å². The Bertz CT molecular complexity index is 380. The van der Waals surface area contributed by atoms with Crippen LogP contribution in [0.25, 0.3) is 0 Å². The maximum Gasteiger partial charge on any atom is 0.186 e. The molecule has 2 rings (SSSR count). The van der Waals surface area contributed by atoms with Crippen molar-refractivity contribution in [1.29, 1.82) is 0 Å². The van der Waals surface area contributed by atoms with Crippen LogP contribution in [0.5, 0.6) is 0 Å². The zero-order chi connectivity index (χ0) is 17.3. The van der Waals surface area contributed by atoms with Gasteiger partial charge >= 0.3 is 0 Å². The maximum atomic E-state index is 9.90. The Morgan fingerprint density at radius 1 is 0.739 bits per heavy atom. The highest BCUT2D eigenvalue weighted by atomic mass is 16.7. The number of rotatable bonds is 4. The van der Waals surface area contributed by atoms with Crippen LogP contribution in [0.3, 0.4) is 0 Å². The van der Waals surface area contributed by atoms with Crippen molar-refractivity contribution < 1.29 is 49.6 Å². The monoisotopic (exact) mass is 340 g/mol. The van der Waals surface area contributed by atoms with Crippen LogP contribution in [-0.2, 0) is 18.9 Å². The Kier molecular flexibility index (Phi) is 6.30. The van der Waals surface area contributed by atoms with E-state index in [0.717, 1.165) is 0 Å². The summed E-state index contributed by atoms with van der Waals surface area (Å²) < 4.78 is 20.7. The van der Waals surface area contributed by atoms with Gasteiger partial charge in [0.15, 0.2) is 12.6 Å². The average molecular weight is 340 g/mol.